The molecule has 1 aromatic carbocycles. The fraction of sp³-hybridized carbons (Fsp3) is 0.333. The summed E-state index contributed by atoms with van der Waals surface area (Å²) in [6.45, 7) is 5.90. The molecule has 0 radical (unpaired) electrons. The largest absolute Gasteiger partial charge is 0.355 e. The van der Waals surface area contributed by atoms with Gasteiger partial charge in [-0.1, -0.05) is 0 Å². The highest BCUT2D eigenvalue weighted by Gasteiger charge is 2.24. The Hall–Kier alpha value is -2.35. The van der Waals surface area contributed by atoms with Gasteiger partial charge in [0.2, 0.25) is 0 Å². The maximum absolute atomic E-state index is 12.6. The van der Waals surface area contributed by atoms with Gasteiger partial charge in [-0.15, -0.1) is 0 Å². The third-order valence-corrected chi connectivity index (χ3v) is 5.14. The molecule has 124 valence electrons. The molecule has 1 heterocycles. The van der Waals surface area contributed by atoms with Crippen molar-refractivity contribution >= 4 is 21.6 Å². The van der Waals surface area contributed by atoms with E-state index in [2.05, 4.69) is 15.1 Å². The van der Waals surface area contributed by atoms with Crippen molar-refractivity contribution in [2.75, 3.05) is 11.8 Å². The molecule has 0 unspecified atom stereocenters. The second-order valence-electron chi connectivity index (χ2n) is 5.08. The van der Waals surface area contributed by atoms with Gasteiger partial charge in [0.05, 0.1) is 11.4 Å². The summed E-state index contributed by atoms with van der Waals surface area (Å²) < 4.78 is 29.4. The van der Waals surface area contributed by atoms with Gasteiger partial charge in [-0.3, -0.25) is 14.2 Å². The molecule has 23 heavy (non-hydrogen) atoms. The van der Waals surface area contributed by atoms with Crippen molar-refractivity contribution in [3.8, 4) is 0 Å². The number of rotatable bonds is 5. The average Bonchev–Trinajstić information content (AvgIpc) is 2.81. The highest BCUT2D eigenvalue weighted by molar-refractivity contribution is 7.92. The molecule has 1 amide bonds. The van der Waals surface area contributed by atoms with Crippen LogP contribution in [0.25, 0.3) is 0 Å². The molecule has 0 saturated carbocycles. The number of benzene rings is 1. The van der Waals surface area contributed by atoms with E-state index in [4.69, 9.17) is 0 Å². The summed E-state index contributed by atoms with van der Waals surface area (Å²) in [6.07, 6.45) is 0. The molecule has 0 aliphatic heterocycles. The molecular formula is C15H20N4O3S. The van der Waals surface area contributed by atoms with Crippen molar-refractivity contribution in [2.24, 2.45) is 0 Å². The van der Waals surface area contributed by atoms with E-state index in [-0.39, 0.29) is 10.8 Å². The maximum Gasteiger partial charge on any atom is 0.265 e. The summed E-state index contributed by atoms with van der Waals surface area (Å²) in [5.74, 6) is -0.227. The topological polar surface area (TPSA) is 93.1 Å². The lowest BCUT2D eigenvalue weighted by Gasteiger charge is -2.09. The first kappa shape index (κ1) is 17.0. The van der Waals surface area contributed by atoms with E-state index in [0.717, 1.165) is 0 Å². The van der Waals surface area contributed by atoms with Crippen molar-refractivity contribution < 1.29 is 13.2 Å². The van der Waals surface area contributed by atoms with Gasteiger partial charge in [0, 0.05) is 24.8 Å². The SMILES string of the molecule is CCn1nc(C)c(S(=O)(=O)Nc2ccc(C(=O)NC)cc2)c1C. The zero-order valence-electron chi connectivity index (χ0n) is 13.5. The summed E-state index contributed by atoms with van der Waals surface area (Å²) in [5, 5.41) is 6.74. The molecule has 0 aliphatic rings. The normalized spacial score (nSPS) is 11.3. The van der Waals surface area contributed by atoms with Crippen LogP contribution >= 0.6 is 0 Å². The summed E-state index contributed by atoms with van der Waals surface area (Å²) in [4.78, 5) is 11.7. The van der Waals surface area contributed by atoms with Crippen LogP contribution in [0.1, 0.15) is 28.7 Å². The van der Waals surface area contributed by atoms with Crippen molar-refractivity contribution in [1.82, 2.24) is 15.1 Å². The standard InChI is InChI=1S/C15H20N4O3S/c1-5-19-11(3)14(10(2)17-19)23(21,22)18-13-8-6-12(7-9-13)15(20)16-4/h6-9,18H,5H2,1-4H3,(H,16,20). The van der Waals surface area contributed by atoms with E-state index in [1.165, 1.54) is 7.05 Å². The number of nitrogens with one attached hydrogen (secondary N) is 2. The molecule has 0 aliphatic carbocycles. The van der Waals surface area contributed by atoms with Gasteiger partial charge in [0.25, 0.3) is 15.9 Å². The Morgan fingerprint density at radius 1 is 1.22 bits per heavy atom. The van der Waals surface area contributed by atoms with E-state index in [0.29, 0.717) is 29.2 Å². The molecule has 0 atom stereocenters. The van der Waals surface area contributed by atoms with Crippen LogP contribution in [-0.2, 0) is 16.6 Å². The first-order valence-corrected chi connectivity index (χ1v) is 8.67. The van der Waals surface area contributed by atoms with E-state index in [1.807, 2.05) is 6.92 Å². The number of sulfonamides is 1. The number of nitrogens with zero attached hydrogens (tertiary/aromatic N) is 2. The maximum atomic E-state index is 12.6. The predicted molar refractivity (Wildman–Crippen MR) is 88.0 cm³/mol. The third kappa shape index (κ3) is 3.37. The summed E-state index contributed by atoms with van der Waals surface area (Å²) >= 11 is 0. The number of carbonyl (C=O) groups excluding carboxylic acids is 1. The summed E-state index contributed by atoms with van der Waals surface area (Å²) in [7, 11) is -2.20. The monoisotopic (exact) mass is 336 g/mol. The predicted octanol–water partition coefficient (Wildman–Crippen LogP) is 1.68. The van der Waals surface area contributed by atoms with E-state index in [1.54, 1.807) is 42.8 Å². The number of anilines is 1. The van der Waals surface area contributed by atoms with E-state index in [9.17, 15) is 13.2 Å². The van der Waals surface area contributed by atoms with Crippen LogP contribution in [0.5, 0.6) is 0 Å². The first-order valence-electron chi connectivity index (χ1n) is 7.19. The number of hydrogen-bond donors (Lipinski definition) is 2. The molecular weight excluding hydrogens is 316 g/mol. The molecule has 0 bridgehead atoms. The zero-order valence-corrected chi connectivity index (χ0v) is 14.4. The van der Waals surface area contributed by atoms with Gasteiger partial charge in [0.1, 0.15) is 4.90 Å². The fourth-order valence-corrected chi connectivity index (χ4v) is 3.89. The number of aryl methyl sites for hydroxylation is 2. The highest BCUT2D eigenvalue weighted by atomic mass is 32.2. The number of amides is 1. The van der Waals surface area contributed by atoms with Crippen LogP contribution in [-0.4, -0.2) is 31.2 Å². The Labute approximate surface area is 135 Å². The minimum absolute atomic E-state index is 0.190. The van der Waals surface area contributed by atoms with E-state index < -0.39 is 10.0 Å². The van der Waals surface area contributed by atoms with E-state index >= 15 is 0 Å². The molecule has 1 aromatic heterocycles. The minimum atomic E-state index is -3.74. The third-order valence-electron chi connectivity index (χ3n) is 3.51. The lowest BCUT2D eigenvalue weighted by Crippen LogP contribution is -2.18. The average molecular weight is 336 g/mol. The van der Waals surface area contributed by atoms with Crippen LogP contribution < -0.4 is 10.0 Å². The van der Waals surface area contributed by atoms with Crippen molar-refractivity contribution in [2.45, 2.75) is 32.2 Å². The number of aromatic nitrogens is 2. The smallest absolute Gasteiger partial charge is 0.265 e. The van der Waals surface area contributed by atoms with Crippen LogP contribution in [0.3, 0.4) is 0 Å². The molecule has 0 saturated heterocycles. The lowest BCUT2D eigenvalue weighted by atomic mass is 10.2. The second-order valence-corrected chi connectivity index (χ2v) is 6.70. The number of hydrogen-bond acceptors (Lipinski definition) is 4. The molecule has 2 N–H and O–H groups in total. The Kier molecular flexibility index (Phi) is 4.74. The van der Waals surface area contributed by atoms with Crippen molar-refractivity contribution in [3.05, 3.63) is 41.2 Å². The molecule has 8 heteroatoms. The Morgan fingerprint density at radius 3 is 2.30 bits per heavy atom. The summed E-state index contributed by atoms with van der Waals surface area (Å²) in [5.41, 5.74) is 1.90. The van der Waals surface area contributed by atoms with Gasteiger partial charge in [-0.25, -0.2) is 8.42 Å². The van der Waals surface area contributed by atoms with Gasteiger partial charge in [-0.2, -0.15) is 5.10 Å². The fourth-order valence-electron chi connectivity index (χ4n) is 2.42. The van der Waals surface area contributed by atoms with Crippen molar-refractivity contribution in [1.29, 1.82) is 0 Å². The zero-order chi connectivity index (χ0) is 17.2. The van der Waals surface area contributed by atoms with Crippen LogP contribution in [0.4, 0.5) is 5.69 Å². The van der Waals surface area contributed by atoms with Crippen LogP contribution in [0.2, 0.25) is 0 Å². The molecule has 0 spiro atoms. The Balaban J connectivity index is 2.32. The van der Waals surface area contributed by atoms with Gasteiger partial charge < -0.3 is 5.32 Å². The van der Waals surface area contributed by atoms with Crippen LogP contribution in [0, 0.1) is 13.8 Å². The molecule has 2 rings (SSSR count). The molecule has 2 aromatic rings. The Morgan fingerprint density at radius 2 is 1.83 bits per heavy atom. The number of carbonyl (C=O) groups is 1. The molecule has 7 nitrogen and oxygen atoms in total. The van der Waals surface area contributed by atoms with Gasteiger partial charge >= 0.3 is 0 Å². The first-order chi connectivity index (χ1) is 10.8. The highest BCUT2D eigenvalue weighted by Crippen LogP contribution is 2.22. The van der Waals surface area contributed by atoms with Gasteiger partial charge in [-0.05, 0) is 45.0 Å². The Bertz CT molecular complexity index is 823. The molecule has 0 fully saturated rings. The van der Waals surface area contributed by atoms with Gasteiger partial charge in [0.15, 0.2) is 0 Å². The quantitative estimate of drug-likeness (QED) is 0.869. The summed E-state index contributed by atoms with van der Waals surface area (Å²) in [6, 6.07) is 6.23. The van der Waals surface area contributed by atoms with Crippen molar-refractivity contribution in [3.63, 3.8) is 0 Å². The van der Waals surface area contributed by atoms with Crippen LogP contribution in [0.15, 0.2) is 29.2 Å². The minimum Gasteiger partial charge on any atom is -0.355 e. The lowest BCUT2D eigenvalue weighted by molar-refractivity contribution is 0.0963. The second kappa shape index (κ2) is 6.41.